The van der Waals surface area contributed by atoms with Crippen LogP contribution in [0.15, 0.2) is 48.5 Å². The van der Waals surface area contributed by atoms with E-state index >= 15 is 0 Å². The van der Waals surface area contributed by atoms with Crippen LogP contribution >= 0.6 is 15.9 Å². The number of fused-ring (bicyclic) bond motifs is 1. The van der Waals surface area contributed by atoms with Crippen molar-refractivity contribution in [3.8, 4) is 0 Å². The smallest absolute Gasteiger partial charge is 0.414 e. The van der Waals surface area contributed by atoms with Crippen molar-refractivity contribution in [1.82, 2.24) is 0 Å². The van der Waals surface area contributed by atoms with Crippen LogP contribution in [0.1, 0.15) is 36.7 Å². The Morgan fingerprint density at radius 2 is 1.62 bits per heavy atom. The van der Waals surface area contributed by atoms with Gasteiger partial charge in [0.15, 0.2) is 5.78 Å². The van der Waals surface area contributed by atoms with Gasteiger partial charge in [-0.05, 0) is 32.9 Å². The molecule has 3 rings (SSSR count). The predicted molar refractivity (Wildman–Crippen MR) is 116 cm³/mol. The lowest BCUT2D eigenvalue weighted by Crippen LogP contribution is -2.48. The molecule has 1 heterocycles. The first-order chi connectivity index (χ1) is 13.7. The molecule has 0 bridgehead atoms. The summed E-state index contributed by atoms with van der Waals surface area (Å²) in [4.78, 5) is 41.6. The maximum absolute atomic E-state index is 13.2. The molecule has 1 aliphatic rings. The number of benzene rings is 2. The molecule has 0 spiro atoms. The maximum atomic E-state index is 13.2. The Morgan fingerprint density at radius 1 is 0.966 bits per heavy atom. The van der Waals surface area contributed by atoms with Crippen molar-refractivity contribution in [2.24, 2.45) is 0 Å². The second-order valence-corrected chi connectivity index (χ2v) is 8.24. The van der Waals surface area contributed by atoms with Crippen molar-refractivity contribution in [2.45, 2.75) is 26.4 Å². The standard InChI is InChI=1S/C22H23BrN2O4/c1-22(2,3)29-21(28)24-12-13-25(18(26)14-23)19-16(10-7-11-17(19)24)20(27)15-8-5-4-6-9-15/h4-11H,12-14H2,1-3H3. The second kappa shape index (κ2) is 8.37. The summed E-state index contributed by atoms with van der Waals surface area (Å²) in [6, 6.07) is 14.0. The first-order valence-corrected chi connectivity index (χ1v) is 10.4. The molecule has 2 aromatic rings. The van der Waals surface area contributed by atoms with Crippen LogP contribution in [0, 0.1) is 0 Å². The molecular weight excluding hydrogens is 436 g/mol. The Kier molecular flexibility index (Phi) is 6.07. The molecular formula is C22H23BrN2O4. The highest BCUT2D eigenvalue weighted by atomic mass is 79.9. The Morgan fingerprint density at radius 3 is 2.24 bits per heavy atom. The van der Waals surface area contributed by atoms with Gasteiger partial charge in [0, 0.05) is 24.2 Å². The van der Waals surface area contributed by atoms with Gasteiger partial charge in [-0.2, -0.15) is 0 Å². The Labute approximate surface area is 178 Å². The fraction of sp³-hybridized carbons (Fsp3) is 0.318. The highest BCUT2D eigenvalue weighted by Crippen LogP contribution is 2.38. The number of rotatable bonds is 3. The molecule has 0 unspecified atom stereocenters. The molecule has 1 aliphatic heterocycles. The Bertz CT molecular complexity index is 938. The number of anilines is 2. The van der Waals surface area contributed by atoms with Crippen molar-refractivity contribution in [1.29, 1.82) is 0 Å². The van der Waals surface area contributed by atoms with Gasteiger partial charge in [0.2, 0.25) is 5.91 Å². The lowest BCUT2D eigenvalue weighted by atomic mass is 9.98. The normalized spacial score (nSPS) is 13.7. The summed E-state index contributed by atoms with van der Waals surface area (Å²) in [6.45, 7) is 5.95. The average molecular weight is 459 g/mol. The topological polar surface area (TPSA) is 66.9 Å². The van der Waals surface area contributed by atoms with Crippen molar-refractivity contribution in [3.05, 3.63) is 59.7 Å². The molecule has 0 saturated heterocycles. The van der Waals surface area contributed by atoms with Crippen LogP contribution in [0.3, 0.4) is 0 Å². The van der Waals surface area contributed by atoms with Gasteiger partial charge in [0.25, 0.3) is 0 Å². The lowest BCUT2D eigenvalue weighted by Gasteiger charge is -2.38. The first kappa shape index (κ1) is 21.0. The number of hydrogen-bond acceptors (Lipinski definition) is 4. The zero-order valence-electron chi connectivity index (χ0n) is 16.6. The Hall–Kier alpha value is -2.67. The quantitative estimate of drug-likeness (QED) is 0.504. The molecule has 0 fully saturated rings. The summed E-state index contributed by atoms with van der Waals surface area (Å²) in [5.74, 6) is -0.385. The summed E-state index contributed by atoms with van der Waals surface area (Å²) < 4.78 is 5.53. The van der Waals surface area contributed by atoms with Crippen molar-refractivity contribution in [3.63, 3.8) is 0 Å². The molecule has 0 N–H and O–H groups in total. The molecule has 2 amide bonds. The fourth-order valence-corrected chi connectivity index (χ4v) is 3.52. The third kappa shape index (κ3) is 4.50. The van der Waals surface area contributed by atoms with Gasteiger partial charge in [-0.15, -0.1) is 0 Å². The van der Waals surface area contributed by atoms with Crippen LogP contribution in [0.4, 0.5) is 16.2 Å². The van der Waals surface area contributed by atoms with Crippen LogP contribution in [-0.4, -0.2) is 41.8 Å². The third-order valence-corrected chi connectivity index (χ3v) is 4.91. The van der Waals surface area contributed by atoms with E-state index in [4.69, 9.17) is 4.74 Å². The average Bonchev–Trinajstić information content (AvgIpc) is 2.70. The van der Waals surface area contributed by atoms with Crippen molar-refractivity contribution >= 4 is 45.1 Å². The molecule has 0 aliphatic carbocycles. The largest absolute Gasteiger partial charge is 0.443 e. The van der Waals surface area contributed by atoms with Gasteiger partial charge in [0.1, 0.15) is 5.60 Å². The SMILES string of the molecule is CC(C)(C)OC(=O)N1CCN(C(=O)CBr)c2c(C(=O)c3ccccc3)cccc21. The van der Waals surface area contributed by atoms with Crippen LogP contribution in [-0.2, 0) is 9.53 Å². The van der Waals surface area contributed by atoms with E-state index in [1.165, 1.54) is 4.90 Å². The molecule has 0 aromatic heterocycles. The van der Waals surface area contributed by atoms with Crippen LogP contribution in [0.2, 0.25) is 0 Å². The minimum Gasteiger partial charge on any atom is -0.443 e. The molecule has 0 radical (unpaired) electrons. The van der Waals surface area contributed by atoms with E-state index in [9.17, 15) is 14.4 Å². The van der Waals surface area contributed by atoms with E-state index in [0.717, 1.165) is 0 Å². The van der Waals surface area contributed by atoms with Gasteiger partial charge in [-0.1, -0.05) is 52.3 Å². The summed E-state index contributed by atoms with van der Waals surface area (Å²) in [5.41, 5.74) is 1.15. The molecule has 7 heteroatoms. The molecule has 6 nitrogen and oxygen atoms in total. The monoisotopic (exact) mass is 458 g/mol. The zero-order chi connectivity index (χ0) is 21.2. The van der Waals surface area contributed by atoms with Gasteiger partial charge in [-0.25, -0.2) is 4.79 Å². The van der Waals surface area contributed by atoms with Gasteiger partial charge < -0.3 is 9.64 Å². The number of para-hydroxylation sites is 1. The van der Waals surface area contributed by atoms with Gasteiger partial charge in [-0.3, -0.25) is 14.5 Å². The van der Waals surface area contributed by atoms with Crippen LogP contribution in [0.25, 0.3) is 0 Å². The number of ketones is 1. The fourth-order valence-electron chi connectivity index (χ4n) is 3.22. The van der Waals surface area contributed by atoms with E-state index in [1.54, 1.807) is 68.1 Å². The van der Waals surface area contributed by atoms with E-state index < -0.39 is 11.7 Å². The number of nitrogens with zero attached hydrogens (tertiary/aromatic N) is 2. The van der Waals surface area contributed by atoms with Crippen molar-refractivity contribution in [2.75, 3.05) is 28.2 Å². The third-order valence-electron chi connectivity index (χ3n) is 4.43. The van der Waals surface area contributed by atoms with Crippen LogP contribution < -0.4 is 9.80 Å². The molecule has 152 valence electrons. The summed E-state index contributed by atoms with van der Waals surface area (Å²) in [6.07, 6.45) is -0.506. The minimum atomic E-state index is -0.655. The summed E-state index contributed by atoms with van der Waals surface area (Å²) >= 11 is 3.21. The van der Waals surface area contributed by atoms with Gasteiger partial charge in [0.05, 0.1) is 16.7 Å². The summed E-state index contributed by atoms with van der Waals surface area (Å²) in [7, 11) is 0. The first-order valence-electron chi connectivity index (χ1n) is 9.32. The molecule has 0 atom stereocenters. The van der Waals surface area contributed by atoms with Gasteiger partial charge >= 0.3 is 6.09 Å². The molecule has 2 aromatic carbocycles. The number of amides is 2. The summed E-state index contributed by atoms with van der Waals surface area (Å²) in [5, 5.41) is 0.118. The highest BCUT2D eigenvalue weighted by Gasteiger charge is 2.35. The molecule has 0 saturated carbocycles. The predicted octanol–water partition coefficient (Wildman–Crippen LogP) is 4.40. The minimum absolute atomic E-state index is 0.118. The zero-order valence-corrected chi connectivity index (χ0v) is 18.2. The second-order valence-electron chi connectivity index (χ2n) is 7.68. The van der Waals surface area contributed by atoms with Crippen LogP contribution in [0.5, 0.6) is 0 Å². The van der Waals surface area contributed by atoms with E-state index in [0.29, 0.717) is 22.5 Å². The number of hydrogen-bond donors (Lipinski definition) is 0. The maximum Gasteiger partial charge on any atom is 0.414 e. The lowest BCUT2D eigenvalue weighted by molar-refractivity contribution is -0.116. The Balaban J connectivity index is 2.11. The number of carbonyl (C=O) groups is 3. The van der Waals surface area contributed by atoms with E-state index in [-0.39, 0.29) is 30.1 Å². The van der Waals surface area contributed by atoms with E-state index in [1.807, 2.05) is 6.07 Å². The highest BCUT2D eigenvalue weighted by molar-refractivity contribution is 9.09. The number of carbonyl (C=O) groups excluding carboxylic acids is 3. The van der Waals surface area contributed by atoms with E-state index in [2.05, 4.69) is 15.9 Å². The number of halogens is 1. The van der Waals surface area contributed by atoms with Crippen molar-refractivity contribution < 1.29 is 19.1 Å². The molecule has 29 heavy (non-hydrogen) atoms. The number of ether oxygens (including phenoxy) is 1. The number of alkyl halides is 1.